The maximum atomic E-state index is 12.2. The van der Waals surface area contributed by atoms with E-state index in [0.717, 1.165) is 6.07 Å². The second-order valence-electron chi connectivity index (χ2n) is 5.86. The van der Waals surface area contributed by atoms with Crippen molar-refractivity contribution in [2.24, 2.45) is 14.9 Å². The van der Waals surface area contributed by atoms with Gasteiger partial charge in [-0.3, -0.25) is 5.01 Å². The van der Waals surface area contributed by atoms with Gasteiger partial charge in [-0.2, -0.15) is 13.5 Å². The molecule has 9 heteroatoms. The highest BCUT2D eigenvalue weighted by Gasteiger charge is 2.27. The lowest BCUT2D eigenvalue weighted by atomic mass is 9.97. The molecule has 0 fully saturated rings. The Morgan fingerprint density at radius 1 is 1.48 bits per heavy atom. The molecule has 0 spiro atoms. The minimum Gasteiger partial charge on any atom is -0.508 e. The first-order valence-corrected chi connectivity index (χ1v) is 8.84. The average Bonchev–Trinajstić information content (AvgIpc) is 2.78. The lowest BCUT2D eigenvalue weighted by molar-refractivity contribution is 0.0545. The van der Waals surface area contributed by atoms with E-state index < -0.39 is 10.0 Å². The Kier molecular flexibility index (Phi) is 4.86. The van der Waals surface area contributed by atoms with E-state index >= 15 is 0 Å². The first-order chi connectivity index (χ1) is 10.6. The number of benzene rings is 1. The monoisotopic (exact) mass is 358 g/mol. The number of sulfonamides is 1. The van der Waals surface area contributed by atoms with E-state index in [0.29, 0.717) is 13.1 Å². The fourth-order valence-electron chi connectivity index (χ4n) is 2.00. The summed E-state index contributed by atoms with van der Waals surface area (Å²) < 4.78 is 28.2. The number of phenols is 1. The molecule has 126 valence electrons. The van der Waals surface area contributed by atoms with Gasteiger partial charge >= 0.3 is 0 Å². The van der Waals surface area contributed by atoms with Crippen molar-refractivity contribution in [3.63, 3.8) is 0 Å². The predicted molar refractivity (Wildman–Crippen MR) is 90.2 cm³/mol. The fraction of sp³-hybridized carbons (Fsp3) is 0.429. The van der Waals surface area contributed by atoms with E-state index in [2.05, 4.69) is 9.50 Å². The molecule has 23 heavy (non-hydrogen) atoms. The number of hydrogen-bond acceptors (Lipinski definition) is 5. The van der Waals surface area contributed by atoms with E-state index in [4.69, 9.17) is 11.6 Å². The van der Waals surface area contributed by atoms with Crippen LogP contribution >= 0.6 is 11.6 Å². The molecule has 1 aliphatic heterocycles. The van der Waals surface area contributed by atoms with E-state index in [1.54, 1.807) is 10.1 Å². The molecule has 0 atom stereocenters. The van der Waals surface area contributed by atoms with Crippen LogP contribution in [0.15, 0.2) is 32.6 Å². The van der Waals surface area contributed by atoms with Crippen molar-refractivity contribution in [1.29, 1.82) is 0 Å². The first kappa shape index (κ1) is 17.6. The van der Waals surface area contributed by atoms with Gasteiger partial charge in [-0.1, -0.05) is 25.4 Å². The zero-order valence-electron chi connectivity index (χ0n) is 13.1. The van der Waals surface area contributed by atoms with Crippen molar-refractivity contribution in [2.75, 3.05) is 13.1 Å². The highest BCUT2D eigenvalue weighted by molar-refractivity contribution is 7.90. The van der Waals surface area contributed by atoms with E-state index in [1.165, 1.54) is 18.5 Å². The van der Waals surface area contributed by atoms with Gasteiger partial charge in [0, 0.05) is 29.3 Å². The summed E-state index contributed by atoms with van der Waals surface area (Å²) in [4.78, 5) is -0.167. The summed E-state index contributed by atoms with van der Waals surface area (Å²) in [7, 11) is -3.96. The van der Waals surface area contributed by atoms with Crippen molar-refractivity contribution >= 4 is 34.2 Å². The Bertz CT molecular complexity index is 726. The Balaban J connectivity index is 2.21. The molecule has 0 bridgehead atoms. The van der Waals surface area contributed by atoms with Crippen LogP contribution in [0.5, 0.6) is 5.75 Å². The second-order valence-corrected chi connectivity index (χ2v) is 7.93. The quantitative estimate of drug-likeness (QED) is 0.645. The van der Waals surface area contributed by atoms with Crippen molar-refractivity contribution in [2.45, 2.75) is 25.7 Å². The summed E-state index contributed by atoms with van der Waals surface area (Å²) in [5, 5.41) is 17.1. The van der Waals surface area contributed by atoms with Crippen molar-refractivity contribution < 1.29 is 13.5 Å². The van der Waals surface area contributed by atoms with Gasteiger partial charge in [0.2, 0.25) is 0 Å². The number of rotatable bonds is 5. The zero-order valence-corrected chi connectivity index (χ0v) is 14.7. The zero-order chi connectivity index (χ0) is 17.3. The molecule has 0 aromatic heterocycles. The number of nitrogens with zero attached hydrogens (tertiary/aromatic N) is 4. The van der Waals surface area contributed by atoms with Gasteiger partial charge in [0.1, 0.15) is 12.1 Å². The molecule has 1 aromatic carbocycles. The van der Waals surface area contributed by atoms with Crippen LogP contribution in [0.2, 0.25) is 5.02 Å². The van der Waals surface area contributed by atoms with Gasteiger partial charge in [-0.05, 0) is 19.1 Å². The van der Waals surface area contributed by atoms with Crippen LogP contribution in [0.25, 0.3) is 0 Å². The maximum Gasteiger partial charge on any atom is 0.283 e. The molecule has 1 N–H and O–H groups in total. The highest BCUT2D eigenvalue weighted by atomic mass is 35.5. The molecular formula is C14H19ClN4O3S. The summed E-state index contributed by atoms with van der Waals surface area (Å²) >= 11 is 5.77. The van der Waals surface area contributed by atoms with Gasteiger partial charge in [0.15, 0.2) is 0 Å². The molecule has 0 radical (unpaired) electrons. The molecule has 0 aliphatic carbocycles. The Morgan fingerprint density at radius 2 is 2.17 bits per heavy atom. The van der Waals surface area contributed by atoms with Crippen LogP contribution in [-0.4, -0.2) is 49.3 Å². The van der Waals surface area contributed by atoms with Gasteiger partial charge in [0.05, 0.1) is 11.4 Å². The fourth-order valence-corrected chi connectivity index (χ4v) is 3.20. The van der Waals surface area contributed by atoms with Crippen molar-refractivity contribution in [3.05, 3.63) is 23.2 Å². The van der Waals surface area contributed by atoms with Crippen LogP contribution in [0.4, 0.5) is 0 Å². The molecule has 0 unspecified atom stereocenters. The van der Waals surface area contributed by atoms with E-state index in [9.17, 15) is 13.5 Å². The van der Waals surface area contributed by atoms with Gasteiger partial charge in [-0.25, -0.2) is 5.12 Å². The number of phenolic OH excluding ortho intramolecular Hbond substituents is 1. The van der Waals surface area contributed by atoms with Crippen LogP contribution in [0.3, 0.4) is 0 Å². The maximum absolute atomic E-state index is 12.2. The number of aromatic hydroxyl groups is 1. The standard InChI is InChI=1S/C14H19ClN4O3S/c1-4-18(19-9-14(2,3)8-16-19)10-17-23(21,22)13-6-11(15)5-12(20)7-13/h5-8,10,20H,4,9H2,1-3H3. The van der Waals surface area contributed by atoms with Crippen molar-refractivity contribution in [1.82, 2.24) is 10.1 Å². The average molecular weight is 359 g/mol. The molecule has 7 nitrogen and oxygen atoms in total. The molecular weight excluding hydrogens is 340 g/mol. The van der Waals surface area contributed by atoms with E-state index in [-0.39, 0.29) is 21.1 Å². The molecule has 1 heterocycles. The summed E-state index contributed by atoms with van der Waals surface area (Å²) in [5.74, 6) is -0.232. The topological polar surface area (TPSA) is 85.6 Å². The third-order valence-electron chi connectivity index (χ3n) is 3.18. The smallest absolute Gasteiger partial charge is 0.283 e. The van der Waals surface area contributed by atoms with Gasteiger partial charge in [0.25, 0.3) is 10.0 Å². The van der Waals surface area contributed by atoms with Crippen LogP contribution in [0.1, 0.15) is 20.8 Å². The third kappa shape index (κ3) is 4.35. The largest absolute Gasteiger partial charge is 0.508 e. The normalized spacial score (nSPS) is 17.1. The minimum atomic E-state index is -3.96. The number of hydrazone groups is 1. The molecule has 0 amide bonds. The number of hydrazine groups is 1. The Labute approximate surface area is 140 Å². The summed E-state index contributed by atoms with van der Waals surface area (Å²) in [6, 6.07) is 3.59. The Morgan fingerprint density at radius 3 is 2.70 bits per heavy atom. The third-order valence-corrected chi connectivity index (χ3v) is 4.60. The molecule has 0 saturated carbocycles. The lowest BCUT2D eigenvalue weighted by Crippen LogP contribution is -2.39. The summed E-state index contributed by atoms with van der Waals surface area (Å²) in [5.41, 5.74) is -0.0844. The molecule has 2 rings (SSSR count). The van der Waals surface area contributed by atoms with Crippen LogP contribution in [0, 0.1) is 5.41 Å². The predicted octanol–water partition coefficient (Wildman–Crippen LogP) is 2.33. The number of halogens is 1. The minimum absolute atomic E-state index is 0.0844. The molecule has 1 aromatic rings. The van der Waals surface area contributed by atoms with Gasteiger partial charge < -0.3 is 5.11 Å². The summed E-state index contributed by atoms with van der Waals surface area (Å²) in [6.07, 6.45) is 3.03. The molecule has 1 aliphatic rings. The van der Waals surface area contributed by atoms with Gasteiger partial charge in [-0.15, -0.1) is 4.40 Å². The Hall–Kier alpha value is -1.80. The van der Waals surface area contributed by atoms with Crippen LogP contribution in [-0.2, 0) is 10.0 Å². The number of hydrogen-bond donors (Lipinski definition) is 1. The second kappa shape index (κ2) is 6.37. The lowest BCUT2D eigenvalue weighted by Gasteiger charge is -2.28. The summed E-state index contributed by atoms with van der Waals surface area (Å²) in [6.45, 7) is 7.07. The first-order valence-electron chi connectivity index (χ1n) is 7.02. The highest BCUT2D eigenvalue weighted by Crippen LogP contribution is 2.25. The SMILES string of the molecule is CCN(C=NS(=O)(=O)c1cc(O)cc(Cl)c1)N1CC(C)(C)C=N1. The van der Waals surface area contributed by atoms with Crippen LogP contribution < -0.4 is 0 Å². The van der Waals surface area contributed by atoms with Crippen molar-refractivity contribution in [3.8, 4) is 5.75 Å². The van der Waals surface area contributed by atoms with E-state index in [1.807, 2.05) is 27.0 Å². The molecule has 0 saturated heterocycles.